The van der Waals surface area contributed by atoms with Gasteiger partial charge in [-0.1, -0.05) is 30.8 Å². The smallest absolute Gasteiger partial charge is 0.234 e. The minimum Gasteiger partial charge on any atom is -0.383 e. The summed E-state index contributed by atoms with van der Waals surface area (Å²) in [5.74, 6) is 1.10. The summed E-state index contributed by atoms with van der Waals surface area (Å²) in [4.78, 5) is 16.6. The van der Waals surface area contributed by atoms with Crippen molar-refractivity contribution in [1.82, 2.24) is 20.8 Å². The fourth-order valence-electron chi connectivity index (χ4n) is 2.92. The molecule has 2 rings (SSSR count). The highest BCUT2D eigenvalue weighted by atomic mass is 35.5. The largest absolute Gasteiger partial charge is 0.383 e. The van der Waals surface area contributed by atoms with Crippen LogP contribution in [-0.4, -0.2) is 42.9 Å². The standard InChI is InChI=1S/C15H26N4O3.ClH/c1-12-17-14(19-22-12)15(7-5-3-4-6-8-15)18-13(20)11-16-9-10-21-2;/h16H,3-11H2,1-2H3,(H,18,20);1H. The molecule has 1 heterocycles. The van der Waals surface area contributed by atoms with Gasteiger partial charge in [0, 0.05) is 20.6 Å². The van der Waals surface area contributed by atoms with Gasteiger partial charge in [0.25, 0.3) is 0 Å². The molecule has 1 saturated carbocycles. The molecule has 0 spiro atoms. The maximum Gasteiger partial charge on any atom is 0.234 e. The van der Waals surface area contributed by atoms with Gasteiger partial charge in [-0.2, -0.15) is 4.98 Å². The van der Waals surface area contributed by atoms with E-state index < -0.39 is 5.54 Å². The number of aromatic nitrogens is 2. The van der Waals surface area contributed by atoms with Crippen molar-refractivity contribution in [3.8, 4) is 0 Å². The zero-order valence-corrected chi connectivity index (χ0v) is 14.7. The first-order valence-corrected chi connectivity index (χ1v) is 7.98. The van der Waals surface area contributed by atoms with Gasteiger partial charge >= 0.3 is 0 Å². The molecule has 8 heteroatoms. The Kier molecular flexibility index (Phi) is 8.51. The Hall–Kier alpha value is -1.18. The van der Waals surface area contributed by atoms with Crippen molar-refractivity contribution >= 4 is 18.3 Å². The molecule has 7 nitrogen and oxygen atoms in total. The number of hydrogen-bond donors (Lipinski definition) is 2. The van der Waals surface area contributed by atoms with E-state index in [-0.39, 0.29) is 24.9 Å². The third-order valence-electron chi connectivity index (χ3n) is 4.06. The van der Waals surface area contributed by atoms with Crippen LogP contribution >= 0.6 is 12.4 Å². The Bertz CT molecular complexity index is 473. The van der Waals surface area contributed by atoms with Crippen LogP contribution in [-0.2, 0) is 15.1 Å². The summed E-state index contributed by atoms with van der Waals surface area (Å²) >= 11 is 0. The molecule has 0 bridgehead atoms. The molecule has 2 N–H and O–H groups in total. The van der Waals surface area contributed by atoms with Crippen LogP contribution in [0.2, 0.25) is 0 Å². The first-order valence-electron chi connectivity index (χ1n) is 7.98. The van der Waals surface area contributed by atoms with Crippen molar-refractivity contribution in [2.45, 2.75) is 51.0 Å². The second kappa shape index (κ2) is 9.85. The third-order valence-corrected chi connectivity index (χ3v) is 4.06. The number of amides is 1. The molecule has 0 unspecified atom stereocenters. The molecule has 1 aromatic heterocycles. The molecule has 23 heavy (non-hydrogen) atoms. The van der Waals surface area contributed by atoms with E-state index >= 15 is 0 Å². The SMILES string of the molecule is COCCNCC(=O)NC1(c2noc(C)n2)CCCCCC1.Cl. The first-order chi connectivity index (χ1) is 10.7. The van der Waals surface area contributed by atoms with Gasteiger partial charge in [0.15, 0.2) is 5.82 Å². The third kappa shape index (κ3) is 5.75. The van der Waals surface area contributed by atoms with Gasteiger partial charge in [0.1, 0.15) is 5.54 Å². The van der Waals surface area contributed by atoms with Gasteiger partial charge in [-0.3, -0.25) is 4.79 Å². The highest BCUT2D eigenvalue weighted by Crippen LogP contribution is 2.34. The fourth-order valence-corrected chi connectivity index (χ4v) is 2.92. The molecule has 1 aliphatic rings. The molecule has 0 aliphatic heterocycles. The summed E-state index contributed by atoms with van der Waals surface area (Å²) in [6.07, 6.45) is 6.20. The number of carbonyl (C=O) groups excluding carboxylic acids is 1. The first kappa shape index (κ1) is 19.9. The Morgan fingerprint density at radius 1 is 1.30 bits per heavy atom. The molecule has 132 valence electrons. The lowest BCUT2D eigenvalue weighted by Crippen LogP contribution is -2.49. The van der Waals surface area contributed by atoms with Crippen molar-refractivity contribution in [3.63, 3.8) is 0 Å². The van der Waals surface area contributed by atoms with E-state index in [0.717, 1.165) is 25.7 Å². The van der Waals surface area contributed by atoms with Crippen LogP contribution in [0.4, 0.5) is 0 Å². The van der Waals surface area contributed by atoms with Crippen LogP contribution in [0, 0.1) is 6.92 Å². The monoisotopic (exact) mass is 346 g/mol. The zero-order valence-electron chi connectivity index (χ0n) is 13.9. The summed E-state index contributed by atoms with van der Waals surface area (Å²) in [6, 6.07) is 0. The average Bonchev–Trinajstić information content (AvgIpc) is 2.80. The molecular weight excluding hydrogens is 320 g/mol. The molecular formula is C15H27ClN4O3. The number of rotatable bonds is 7. The second-order valence-corrected chi connectivity index (χ2v) is 5.85. The highest BCUT2D eigenvalue weighted by molar-refractivity contribution is 5.85. The lowest BCUT2D eigenvalue weighted by Gasteiger charge is -2.30. The lowest BCUT2D eigenvalue weighted by molar-refractivity contribution is -0.122. The van der Waals surface area contributed by atoms with Gasteiger partial charge in [0.05, 0.1) is 13.2 Å². The van der Waals surface area contributed by atoms with Crippen LogP contribution in [0.1, 0.15) is 50.2 Å². The van der Waals surface area contributed by atoms with E-state index in [0.29, 0.717) is 24.9 Å². The van der Waals surface area contributed by atoms with Crippen molar-refractivity contribution in [2.75, 3.05) is 26.8 Å². The maximum atomic E-state index is 12.3. The van der Waals surface area contributed by atoms with Gasteiger partial charge in [-0.15, -0.1) is 12.4 Å². The average molecular weight is 347 g/mol. The van der Waals surface area contributed by atoms with Crippen molar-refractivity contribution < 1.29 is 14.1 Å². The topological polar surface area (TPSA) is 89.3 Å². The molecule has 0 aromatic carbocycles. The quantitative estimate of drug-likeness (QED) is 0.577. The van der Waals surface area contributed by atoms with E-state index in [1.165, 1.54) is 12.8 Å². The molecule has 1 aliphatic carbocycles. The molecule has 1 aromatic rings. The zero-order chi connectivity index (χ0) is 15.8. The minimum absolute atomic E-state index is 0. The van der Waals surface area contributed by atoms with E-state index in [4.69, 9.17) is 9.26 Å². The predicted molar refractivity (Wildman–Crippen MR) is 88.6 cm³/mol. The Labute approximate surface area is 143 Å². The Balaban J connectivity index is 0.00000264. The number of hydrogen-bond acceptors (Lipinski definition) is 6. The number of ether oxygens (including phenoxy) is 1. The molecule has 1 fully saturated rings. The number of nitrogens with one attached hydrogen (secondary N) is 2. The van der Waals surface area contributed by atoms with Gasteiger partial charge in [0.2, 0.25) is 11.8 Å². The second-order valence-electron chi connectivity index (χ2n) is 5.85. The molecule has 0 atom stereocenters. The Morgan fingerprint density at radius 3 is 2.57 bits per heavy atom. The predicted octanol–water partition coefficient (Wildman–Crippen LogP) is 1.70. The summed E-state index contributed by atoms with van der Waals surface area (Å²) in [7, 11) is 1.64. The van der Waals surface area contributed by atoms with Gasteiger partial charge in [-0.05, 0) is 12.8 Å². The number of aryl methyl sites for hydroxylation is 1. The molecule has 0 saturated heterocycles. The van der Waals surface area contributed by atoms with E-state index in [2.05, 4.69) is 20.8 Å². The van der Waals surface area contributed by atoms with Gasteiger partial charge in [-0.25, -0.2) is 0 Å². The summed E-state index contributed by atoms with van der Waals surface area (Å²) < 4.78 is 10.1. The van der Waals surface area contributed by atoms with Crippen molar-refractivity contribution in [2.24, 2.45) is 0 Å². The van der Waals surface area contributed by atoms with Crippen molar-refractivity contribution in [1.29, 1.82) is 0 Å². The van der Waals surface area contributed by atoms with Crippen LogP contribution < -0.4 is 10.6 Å². The van der Waals surface area contributed by atoms with Crippen LogP contribution in [0.25, 0.3) is 0 Å². The van der Waals surface area contributed by atoms with Crippen LogP contribution in [0.5, 0.6) is 0 Å². The molecule has 0 radical (unpaired) electrons. The fraction of sp³-hybridized carbons (Fsp3) is 0.800. The van der Waals surface area contributed by atoms with E-state index in [1.54, 1.807) is 14.0 Å². The number of carbonyl (C=O) groups is 1. The van der Waals surface area contributed by atoms with Crippen LogP contribution in [0.3, 0.4) is 0 Å². The summed E-state index contributed by atoms with van der Waals surface area (Å²) in [6.45, 7) is 3.28. The minimum atomic E-state index is -0.492. The normalized spacial score (nSPS) is 17.1. The van der Waals surface area contributed by atoms with E-state index in [1.807, 2.05) is 0 Å². The molecule has 1 amide bonds. The highest BCUT2D eigenvalue weighted by Gasteiger charge is 2.38. The van der Waals surface area contributed by atoms with Crippen molar-refractivity contribution in [3.05, 3.63) is 11.7 Å². The number of nitrogens with zero attached hydrogens (tertiary/aromatic N) is 2. The number of methoxy groups -OCH3 is 1. The number of halogens is 1. The van der Waals surface area contributed by atoms with E-state index in [9.17, 15) is 4.79 Å². The van der Waals surface area contributed by atoms with Crippen LogP contribution in [0.15, 0.2) is 4.52 Å². The summed E-state index contributed by atoms with van der Waals surface area (Å²) in [5.41, 5.74) is -0.492. The summed E-state index contributed by atoms with van der Waals surface area (Å²) in [5, 5.41) is 10.3. The maximum absolute atomic E-state index is 12.3. The lowest BCUT2D eigenvalue weighted by atomic mass is 9.89. The van der Waals surface area contributed by atoms with Gasteiger partial charge < -0.3 is 19.9 Å². The Morgan fingerprint density at radius 2 is 2.00 bits per heavy atom.